The van der Waals surface area contributed by atoms with Gasteiger partial charge in [0.1, 0.15) is 0 Å². The van der Waals surface area contributed by atoms with E-state index in [1.807, 2.05) is 11.9 Å². The molecule has 0 bridgehead atoms. The zero-order chi connectivity index (χ0) is 13.5. The molecule has 18 heavy (non-hydrogen) atoms. The standard InChI is InChI=1S/C12H19N3O3/c1-3-6-14(2)10-8-11(16)15(13-9-10)7-4-5-12(17)18/h8-9H,3-7H2,1-2H3,(H,17,18). The molecule has 0 aliphatic rings. The van der Waals surface area contributed by atoms with Crippen LogP contribution in [0.2, 0.25) is 0 Å². The van der Waals surface area contributed by atoms with Gasteiger partial charge in [-0.3, -0.25) is 9.59 Å². The number of aryl methyl sites for hydroxylation is 1. The van der Waals surface area contributed by atoms with E-state index >= 15 is 0 Å². The second-order valence-corrected chi connectivity index (χ2v) is 4.19. The van der Waals surface area contributed by atoms with E-state index in [2.05, 4.69) is 12.0 Å². The summed E-state index contributed by atoms with van der Waals surface area (Å²) in [5, 5.41) is 12.6. The van der Waals surface area contributed by atoms with Crippen molar-refractivity contribution in [1.82, 2.24) is 9.78 Å². The first kappa shape index (κ1) is 14.2. The number of carboxylic acids is 1. The van der Waals surface area contributed by atoms with Crippen LogP contribution < -0.4 is 10.5 Å². The fourth-order valence-corrected chi connectivity index (χ4v) is 1.65. The highest BCUT2D eigenvalue weighted by Crippen LogP contribution is 2.07. The van der Waals surface area contributed by atoms with E-state index in [1.54, 1.807) is 6.20 Å². The van der Waals surface area contributed by atoms with E-state index in [0.717, 1.165) is 18.7 Å². The molecule has 0 aliphatic heterocycles. The maximum atomic E-state index is 11.8. The molecule has 6 nitrogen and oxygen atoms in total. The Hall–Kier alpha value is -1.85. The van der Waals surface area contributed by atoms with Gasteiger partial charge in [-0.1, -0.05) is 6.92 Å². The lowest BCUT2D eigenvalue weighted by atomic mass is 10.3. The highest BCUT2D eigenvalue weighted by molar-refractivity contribution is 5.66. The van der Waals surface area contributed by atoms with Gasteiger partial charge in [0, 0.05) is 32.6 Å². The van der Waals surface area contributed by atoms with Crippen molar-refractivity contribution in [3.63, 3.8) is 0 Å². The third-order valence-electron chi connectivity index (χ3n) is 2.62. The van der Waals surface area contributed by atoms with Gasteiger partial charge in [-0.25, -0.2) is 4.68 Å². The predicted octanol–water partition coefficient (Wildman–Crippen LogP) is 0.954. The molecular weight excluding hydrogens is 234 g/mol. The summed E-state index contributed by atoms with van der Waals surface area (Å²) in [4.78, 5) is 24.1. The summed E-state index contributed by atoms with van der Waals surface area (Å²) in [5.41, 5.74) is 0.595. The molecule has 0 fully saturated rings. The Kier molecular flexibility index (Phi) is 5.35. The molecule has 6 heteroatoms. The molecule has 0 aliphatic carbocycles. The normalized spacial score (nSPS) is 10.3. The second-order valence-electron chi connectivity index (χ2n) is 4.19. The summed E-state index contributed by atoms with van der Waals surface area (Å²) < 4.78 is 1.30. The first-order valence-electron chi connectivity index (χ1n) is 6.04. The van der Waals surface area contributed by atoms with Crippen molar-refractivity contribution in [2.24, 2.45) is 0 Å². The van der Waals surface area contributed by atoms with Crippen LogP contribution in [-0.2, 0) is 11.3 Å². The number of nitrogens with zero attached hydrogens (tertiary/aromatic N) is 3. The first-order chi connectivity index (χ1) is 8.54. The third kappa shape index (κ3) is 4.20. The molecule has 0 saturated heterocycles. The van der Waals surface area contributed by atoms with E-state index in [1.165, 1.54) is 10.7 Å². The summed E-state index contributed by atoms with van der Waals surface area (Å²) in [6.45, 7) is 3.27. The lowest BCUT2D eigenvalue weighted by Crippen LogP contribution is -2.26. The van der Waals surface area contributed by atoms with Crippen molar-refractivity contribution in [2.45, 2.75) is 32.7 Å². The maximum absolute atomic E-state index is 11.8. The summed E-state index contributed by atoms with van der Waals surface area (Å²) in [7, 11) is 1.91. The minimum atomic E-state index is -0.859. The highest BCUT2D eigenvalue weighted by atomic mass is 16.4. The van der Waals surface area contributed by atoms with Crippen LogP contribution >= 0.6 is 0 Å². The van der Waals surface area contributed by atoms with Gasteiger partial charge in [-0.15, -0.1) is 0 Å². The number of aromatic nitrogens is 2. The fourth-order valence-electron chi connectivity index (χ4n) is 1.65. The lowest BCUT2D eigenvalue weighted by molar-refractivity contribution is -0.137. The molecule has 0 saturated carbocycles. The zero-order valence-corrected chi connectivity index (χ0v) is 10.8. The Labute approximate surface area is 106 Å². The molecule has 0 spiro atoms. The van der Waals surface area contributed by atoms with E-state index in [-0.39, 0.29) is 12.0 Å². The Morgan fingerprint density at radius 3 is 2.83 bits per heavy atom. The quantitative estimate of drug-likeness (QED) is 0.783. The number of rotatable bonds is 7. The van der Waals surface area contributed by atoms with Gasteiger partial charge in [0.05, 0.1) is 11.9 Å². The van der Waals surface area contributed by atoms with E-state index in [9.17, 15) is 9.59 Å². The first-order valence-corrected chi connectivity index (χ1v) is 6.04. The molecule has 1 aromatic heterocycles. The Bertz CT molecular complexity index is 456. The summed E-state index contributed by atoms with van der Waals surface area (Å²) in [6.07, 6.45) is 3.09. The topological polar surface area (TPSA) is 75.4 Å². The van der Waals surface area contributed by atoms with Crippen LogP contribution in [0.25, 0.3) is 0 Å². The molecular formula is C12H19N3O3. The fraction of sp³-hybridized carbons (Fsp3) is 0.583. The van der Waals surface area contributed by atoms with Crippen molar-refractivity contribution in [3.8, 4) is 0 Å². The number of hydrogen-bond acceptors (Lipinski definition) is 4. The summed E-state index contributed by atoms with van der Waals surface area (Å²) >= 11 is 0. The molecule has 0 aromatic carbocycles. The molecule has 1 rings (SSSR count). The molecule has 1 heterocycles. The van der Waals surface area contributed by atoms with Crippen LogP contribution in [0.3, 0.4) is 0 Å². The van der Waals surface area contributed by atoms with Gasteiger partial charge in [-0.05, 0) is 12.8 Å². The average molecular weight is 253 g/mol. The predicted molar refractivity (Wildman–Crippen MR) is 68.9 cm³/mol. The summed E-state index contributed by atoms with van der Waals surface area (Å²) in [6, 6.07) is 1.53. The minimum absolute atomic E-state index is 0.0472. The van der Waals surface area contributed by atoms with Crippen molar-refractivity contribution in [3.05, 3.63) is 22.6 Å². The maximum Gasteiger partial charge on any atom is 0.303 e. The van der Waals surface area contributed by atoms with Crippen LogP contribution in [0.1, 0.15) is 26.2 Å². The van der Waals surface area contributed by atoms with E-state index < -0.39 is 5.97 Å². The van der Waals surface area contributed by atoms with E-state index in [4.69, 9.17) is 5.11 Å². The van der Waals surface area contributed by atoms with Gasteiger partial charge in [0.2, 0.25) is 0 Å². The Morgan fingerprint density at radius 2 is 2.28 bits per heavy atom. The lowest BCUT2D eigenvalue weighted by Gasteiger charge is -2.17. The van der Waals surface area contributed by atoms with Crippen molar-refractivity contribution >= 4 is 11.7 Å². The zero-order valence-electron chi connectivity index (χ0n) is 10.8. The highest BCUT2D eigenvalue weighted by Gasteiger charge is 2.04. The second kappa shape index (κ2) is 6.78. The SMILES string of the molecule is CCCN(C)c1cnn(CCCC(=O)O)c(=O)c1. The molecule has 0 atom stereocenters. The molecule has 0 radical (unpaired) electrons. The average Bonchev–Trinajstić information content (AvgIpc) is 2.31. The molecule has 0 amide bonds. The minimum Gasteiger partial charge on any atom is -0.481 e. The Morgan fingerprint density at radius 1 is 1.56 bits per heavy atom. The molecule has 1 N–H and O–H groups in total. The Balaban J connectivity index is 2.68. The van der Waals surface area contributed by atoms with Crippen LogP contribution in [0.15, 0.2) is 17.1 Å². The van der Waals surface area contributed by atoms with Gasteiger partial charge in [-0.2, -0.15) is 5.10 Å². The third-order valence-corrected chi connectivity index (χ3v) is 2.62. The number of hydrogen-bond donors (Lipinski definition) is 1. The van der Waals surface area contributed by atoms with Crippen LogP contribution in [0, 0.1) is 0 Å². The van der Waals surface area contributed by atoms with Gasteiger partial charge in [0.15, 0.2) is 0 Å². The van der Waals surface area contributed by atoms with Crippen molar-refractivity contribution in [2.75, 3.05) is 18.5 Å². The van der Waals surface area contributed by atoms with Crippen LogP contribution in [0.4, 0.5) is 5.69 Å². The number of anilines is 1. The van der Waals surface area contributed by atoms with Gasteiger partial charge >= 0.3 is 5.97 Å². The van der Waals surface area contributed by atoms with E-state index in [0.29, 0.717) is 13.0 Å². The largest absolute Gasteiger partial charge is 0.481 e. The van der Waals surface area contributed by atoms with Crippen molar-refractivity contribution in [1.29, 1.82) is 0 Å². The van der Waals surface area contributed by atoms with Gasteiger partial charge in [0.25, 0.3) is 5.56 Å². The van der Waals surface area contributed by atoms with Crippen LogP contribution in [0.5, 0.6) is 0 Å². The smallest absolute Gasteiger partial charge is 0.303 e. The number of carboxylic acid groups (broad SMARTS) is 1. The number of aliphatic carboxylic acids is 1. The number of carbonyl (C=O) groups is 1. The summed E-state index contributed by atoms with van der Waals surface area (Å²) in [5.74, 6) is -0.859. The monoisotopic (exact) mass is 253 g/mol. The van der Waals surface area contributed by atoms with Crippen LogP contribution in [-0.4, -0.2) is 34.4 Å². The van der Waals surface area contributed by atoms with Gasteiger partial charge < -0.3 is 10.0 Å². The van der Waals surface area contributed by atoms with Crippen molar-refractivity contribution < 1.29 is 9.90 Å². The molecule has 0 unspecified atom stereocenters. The molecule has 100 valence electrons. The molecule has 1 aromatic rings.